The first-order chi connectivity index (χ1) is 3.85. The number of hydrogen-bond acceptors (Lipinski definition) is 2. The van der Waals surface area contributed by atoms with Crippen molar-refractivity contribution in [2.24, 2.45) is 0 Å². The summed E-state index contributed by atoms with van der Waals surface area (Å²) in [5.41, 5.74) is 0. The van der Waals surface area contributed by atoms with E-state index in [0.29, 0.717) is 6.47 Å². The van der Waals surface area contributed by atoms with Crippen LogP contribution in [0.5, 0.6) is 0 Å². The number of carbonyl (C=O) groups is 1. The molecule has 0 saturated carbocycles. The fraction of sp³-hybridized carbons (Fsp3) is 0.750. The lowest BCUT2D eigenvalue weighted by Gasteiger charge is -2.04. The molecule has 0 aromatic rings. The van der Waals surface area contributed by atoms with Gasteiger partial charge in [0.2, 0.25) is 0 Å². The minimum Gasteiger partial charge on any atom is -0.462 e. The molecule has 0 radical (unpaired) electrons. The largest absolute Gasteiger partial charge is 0.462 e. The molecular formula is C4H6Cl2O2. The minimum absolute atomic E-state index is 0.252. The molecule has 0 rings (SSSR count). The molecule has 0 saturated heterocycles. The standard InChI is InChI=1S/C4H6Cl2O2/c5-1-4(2-6)8-3-7/h3-4H,1-2H2. The van der Waals surface area contributed by atoms with Crippen LogP contribution in [0.3, 0.4) is 0 Å². The summed E-state index contributed by atoms with van der Waals surface area (Å²) in [6.45, 7) is 0.343. The molecule has 0 unspecified atom stereocenters. The molecule has 0 aromatic heterocycles. The number of carbonyl (C=O) groups excluding carboxylic acids is 1. The molecule has 0 atom stereocenters. The summed E-state index contributed by atoms with van der Waals surface area (Å²) in [7, 11) is 0. The van der Waals surface area contributed by atoms with E-state index >= 15 is 0 Å². The molecular weight excluding hydrogens is 151 g/mol. The quantitative estimate of drug-likeness (QED) is 0.449. The lowest BCUT2D eigenvalue weighted by molar-refractivity contribution is -0.131. The first-order valence-corrected chi connectivity index (χ1v) is 3.13. The van der Waals surface area contributed by atoms with E-state index in [0.717, 1.165) is 0 Å². The van der Waals surface area contributed by atoms with Crippen molar-refractivity contribution in [1.82, 2.24) is 0 Å². The van der Waals surface area contributed by atoms with Gasteiger partial charge in [-0.15, -0.1) is 23.2 Å². The first-order valence-electron chi connectivity index (χ1n) is 2.06. The van der Waals surface area contributed by atoms with Gasteiger partial charge < -0.3 is 4.74 Å². The maximum atomic E-state index is 9.59. The van der Waals surface area contributed by atoms with Crippen molar-refractivity contribution < 1.29 is 9.53 Å². The Kier molecular flexibility index (Phi) is 5.22. The molecule has 0 amide bonds. The third kappa shape index (κ3) is 3.10. The molecule has 0 N–H and O–H groups in total. The Labute approximate surface area is 57.7 Å². The lowest BCUT2D eigenvalue weighted by Crippen LogP contribution is -2.15. The van der Waals surface area contributed by atoms with Crippen molar-refractivity contribution in [3.63, 3.8) is 0 Å². The fourth-order valence-corrected chi connectivity index (χ4v) is 0.668. The molecule has 0 fully saturated rings. The smallest absolute Gasteiger partial charge is 0.293 e. The Morgan fingerprint density at radius 2 is 2.00 bits per heavy atom. The predicted molar refractivity (Wildman–Crippen MR) is 32.4 cm³/mol. The highest BCUT2D eigenvalue weighted by Gasteiger charge is 2.02. The fourth-order valence-electron chi connectivity index (χ4n) is 0.193. The van der Waals surface area contributed by atoms with Crippen LogP contribution in [-0.4, -0.2) is 24.3 Å². The van der Waals surface area contributed by atoms with Gasteiger partial charge in [-0.25, -0.2) is 0 Å². The molecule has 48 valence electrons. The highest BCUT2D eigenvalue weighted by atomic mass is 35.5. The monoisotopic (exact) mass is 156 g/mol. The second-order valence-corrected chi connectivity index (χ2v) is 1.78. The zero-order valence-electron chi connectivity index (χ0n) is 4.14. The summed E-state index contributed by atoms with van der Waals surface area (Å²) in [4.78, 5) is 9.59. The SMILES string of the molecule is O=COC(CCl)CCl. The van der Waals surface area contributed by atoms with Crippen LogP contribution in [0.2, 0.25) is 0 Å². The number of ether oxygens (including phenoxy) is 1. The lowest BCUT2D eigenvalue weighted by atomic mass is 10.5. The van der Waals surface area contributed by atoms with Gasteiger partial charge in [0.15, 0.2) is 0 Å². The predicted octanol–water partition coefficient (Wildman–Crippen LogP) is 1.01. The van der Waals surface area contributed by atoms with Crippen LogP contribution < -0.4 is 0 Å². The van der Waals surface area contributed by atoms with E-state index in [1.54, 1.807) is 0 Å². The van der Waals surface area contributed by atoms with Gasteiger partial charge in [-0.3, -0.25) is 4.79 Å². The van der Waals surface area contributed by atoms with Gasteiger partial charge >= 0.3 is 0 Å². The van der Waals surface area contributed by atoms with E-state index in [9.17, 15) is 4.79 Å². The van der Waals surface area contributed by atoms with Gasteiger partial charge in [0.05, 0.1) is 11.8 Å². The van der Waals surface area contributed by atoms with Crippen LogP contribution in [0.4, 0.5) is 0 Å². The van der Waals surface area contributed by atoms with Crippen molar-refractivity contribution in [2.75, 3.05) is 11.8 Å². The number of hydrogen-bond donors (Lipinski definition) is 0. The Balaban J connectivity index is 3.20. The third-order valence-corrected chi connectivity index (χ3v) is 1.28. The van der Waals surface area contributed by atoms with Crippen molar-refractivity contribution in [3.8, 4) is 0 Å². The van der Waals surface area contributed by atoms with Crippen LogP contribution in [0.25, 0.3) is 0 Å². The summed E-state index contributed by atoms with van der Waals surface area (Å²) in [6, 6.07) is 0. The molecule has 0 aromatic carbocycles. The maximum absolute atomic E-state index is 9.59. The summed E-state index contributed by atoms with van der Waals surface area (Å²) in [5, 5.41) is 0. The van der Waals surface area contributed by atoms with E-state index in [1.807, 2.05) is 0 Å². The second kappa shape index (κ2) is 5.19. The van der Waals surface area contributed by atoms with Crippen LogP contribution in [0.1, 0.15) is 0 Å². The van der Waals surface area contributed by atoms with E-state index in [4.69, 9.17) is 23.2 Å². The van der Waals surface area contributed by atoms with Crippen molar-refractivity contribution in [3.05, 3.63) is 0 Å². The summed E-state index contributed by atoms with van der Waals surface area (Å²) < 4.78 is 4.40. The molecule has 0 aliphatic heterocycles. The van der Waals surface area contributed by atoms with Crippen LogP contribution in [-0.2, 0) is 9.53 Å². The van der Waals surface area contributed by atoms with Crippen LogP contribution in [0.15, 0.2) is 0 Å². The zero-order valence-corrected chi connectivity index (χ0v) is 5.65. The van der Waals surface area contributed by atoms with Gasteiger partial charge in [0.25, 0.3) is 6.47 Å². The summed E-state index contributed by atoms with van der Waals surface area (Å²) >= 11 is 10.6. The molecule has 2 nitrogen and oxygen atoms in total. The molecule has 4 heteroatoms. The maximum Gasteiger partial charge on any atom is 0.293 e. The average molecular weight is 157 g/mol. The molecule has 0 aliphatic rings. The topological polar surface area (TPSA) is 26.3 Å². The van der Waals surface area contributed by atoms with Crippen LogP contribution in [0, 0.1) is 0 Å². The molecule has 0 spiro atoms. The van der Waals surface area contributed by atoms with Crippen LogP contribution >= 0.6 is 23.2 Å². The van der Waals surface area contributed by atoms with Crippen molar-refractivity contribution in [2.45, 2.75) is 6.10 Å². The highest BCUT2D eigenvalue weighted by Crippen LogP contribution is 1.95. The summed E-state index contributed by atoms with van der Waals surface area (Å²) in [5.74, 6) is 0.504. The number of halogens is 2. The van der Waals surface area contributed by atoms with E-state index in [1.165, 1.54) is 0 Å². The van der Waals surface area contributed by atoms with Gasteiger partial charge in [0, 0.05) is 0 Å². The van der Waals surface area contributed by atoms with Crippen molar-refractivity contribution >= 4 is 29.7 Å². The van der Waals surface area contributed by atoms with Gasteiger partial charge in [0.1, 0.15) is 6.10 Å². The molecule has 0 heterocycles. The van der Waals surface area contributed by atoms with Gasteiger partial charge in [-0.2, -0.15) is 0 Å². The zero-order chi connectivity index (χ0) is 6.41. The Morgan fingerprint density at radius 1 is 1.50 bits per heavy atom. The molecule has 0 bridgehead atoms. The van der Waals surface area contributed by atoms with E-state index < -0.39 is 0 Å². The Morgan fingerprint density at radius 3 is 2.12 bits per heavy atom. The number of rotatable bonds is 4. The molecule has 8 heavy (non-hydrogen) atoms. The normalized spacial score (nSPS) is 9.38. The molecule has 0 aliphatic carbocycles. The van der Waals surface area contributed by atoms with E-state index in [2.05, 4.69) is 4.74 Å². The third-order valence-electron chi connectivity index (χ3n) is 0.592. The van der Waals surface area contributed by atoms with Crippen molar-refractivity contribution in [1.29, 1.82) is 0 Å². The number of alkyl halides is 2. The Bertz CT molecular complexity index is 63.1. The van der Waals surface area contributed by atoms with Gasteiger partial charge in [-0.05, 0) is 0 Å². The first kappa shape index (κ1) is 8.05. The van der Waals surface area contributed by atoms with E-state index in [-0.39, 0.29) is 17.9 Å². The summed E-state index contributed by atoms with van der Waals surface area (Å²) in [6.07, 6.45) is -0.337. The Hall–Kier alpha value is 0.0500. The minimum atomic E-state index is -0.337. The highest BCUT2D eigenvalue weighted by molar-refractivity contribution is 6.21. The second-order valence-electron chi connectivity index (χ2n) is 1.16. The average Bonchev–Trinajstić information content (AvgIpc) is 1.83. The van der Waals surface area contributed by atoms with Gasteiger partial charge in [-0.1, -0.05) is 0 Å².